The van der Waals surface area contributed by atoms with E-state index in [4.69, 9.17) is 15.0 Å². The molecule has 12 aromatic rings. The van der Waals surface area contributed by atoms with Gasteiger partial charge in [0.1, 0.15) is 0 Å². The van der Waals surface area contributed by atoms with Crippen molar-refractivity contribution in [1.29, 1.82) is 0 Å². The summed E-state index contributed by atoms with van der Waals surface area (Å²) in [7, 11) is 0. The number of hydrogen-bond acceptors (Lipinski definition) is 4. The number of hydrogen-bond donors (Lipinski definition) is 0. The predicted octanol–water partition coefficient (Wildman–Crippen LogP) is 15.4. The van der Waals surface area contributed by atoms with Gasteiger partial charge in [0.05, 0.1) is 22.4 Å². The van der Waals surface area contributed by atoms with E-state index >= 15 is 0 Å². The van der Waals surface area contributed by atoms with Gasteiger partial charge in [0.15, 0.2) is 17.5 Å². The van der Waals surface area contributed by atoms with Crippen molar-refractivity contribution < 1.29 is 0 Å². The predicted molar refractivity (Wildman–Crippen MR) is 265 cm³/mol. The van der Waals surface area contributed by atoms with Crippen molar-refractivity contribution in [2.24, 2.45) is 0 Å². The van der Waals surface area contributed by atoms with Crippen LogP contribution in [0.5, 0.6) is 0 Å². The first-order valence-electron chi connectivity index (χ1n) is 21.7. The lowest BCUT2D eigenvalue weighted by Gasteiger charge is -2.34. The van der Waals surface area contributed by atoms with Crippen molar-refractivity contribution in [1.82, 2.24) is 19.5 Å². The summed E-state index contributed by atoms with van der Waals surface area (Å²) in [5.41, 5.74) is 14.2. The molecule has 0 radical (unpaired) electrons. The molecule has 0 saturated carbocycles. The number of para-hydroxylation sites is 2. The number of fused-ring (bicyclic) bond motifs is 7. The lowest BCUT2D eigenvalue weighted by molar-refractivity contribution is 1.08. The second-order valence-electron chi connectivity index (χ2n) is 16.4. The van der Waals surface area contributed by atoms with E-state index in [1.165, 1.54) is 38.4 Å². The molecular formula is C59H37N5. The summed E-state index contributed by atoms with van der Waals surface area (Å²) in [6, 6.07) is 79.8. The van der Waals surface area contributed by atoms with Crippen LogP contribution in [0.3, 0.4) is 0 Å². The maximum absolute atomic E-state index is 5.35. The molecule has 2 aromatic heterocycles. The standard InChI is InChI=1S/C59H37N5/c1-3-15-38(16-4-1)42-20-11-21-43(37-42)58-60-57(61-59(62-58)50-27-14-30-53-55(50)49-25-9-10-28-51(49)63(53)44-22-5-2-6-23-44)41-31-34-45(35-32-41)64-52-29-13-19-40-18-12-26-47(54(40)52)48-36-33-39-17-7-8-24-46(39)56(48)64/h1-37H. The van der Waals surface area contributed by atoms with Crippen LogP contribution < -0.4 is 4.90 Å². The molecule has 0 fully saturated rings. The Kier molecular flexibility index (Phi) is 8.15. The molecule has 0 spiro atoms. The normalized spacial score (nSPS) is 12.0. The van der Waals surface area contributed by atoms with Gasteiger partial charge in [-0.2, -0.15) is 0 Å². The van der Waals surface area contributed by atoms with Crippen LogP contribution in [0.4, 0.5) is 17.1 Å². The van der Waals surface area contributed by atoms with Crippen LogP contribution in [0, 0.1) is 0 Å². The molecule has 298 valence electrons. The molecule has 5 nitrogen and oxygen atoms in total. The number of aromatic nitrogens is 4. The van der Waals surface area contributed by atoms with Crippen LogP contribution in [0.25, 0.3) is 105 Å². The first kappa shape index (κ1) is 36.0. The minimum atomic E-state index is 0.609. The lowest BCUT2D eigenvalue weighted by atomic mass is 9.88. The maximum Gasteiger partial charge on any atom is 0.164 e. The highest BCUT2D eigenvalue weighted by Crippen LogP contribution is 2.53. The highest BCUT2D eigenvalue weighted by Gasteiger charge is 2.28. The molecule has 0 atom stereocenters. The van der Waals surface area contributed by atoms with Crippen molar-refractivity contribution in [3.63, 3.8) is 0 Å². The topological polar surface area (TPSA) is 46.8 Å². The Bertz CT molecular complexity index is 3770. The number of anilines is 3. The summed E-state index contributed by atoms with van der Waals surface area (Å²) in [5, 5.41) is 7.13. The van der Waals surface area contributed by atoms with Crippen molar-refractivity contribution >= 4 is 60.4 Å². The second-order valence-corrected chi connectivity index (χ2v) is 16.4. The maximum atomic E-state index is 5.35. The summed E-state index contributed by atoms with van der Waals surface area (Å²) in [6.07, 6.45) is 0. The summed E-state index contributed by atoms with van der Waals surface area (Å²) >= 11 is 0. The van der Waals surface area contributed by atoms with Crippen molar-refractivity contribution in [3.05, 3.63) is 224 Å². The Morgan fingerprint density at radius 2 is 0.922 bits per heavy atom. The second kappa shape index (κ2) is 14.5. The van der Waals surface area contributed by atoms with Crippen LogP contribution in [0.1, 0.15) is 0 Å². The SMILES string of the molecule is c1ccc(-c2cccc(-c3nc(-c4ccc(N5c6c(ccc7ccccc67)-c6cccc7cccc5c67)cc4)nc(-c4cccc5c4c4ccccc4n5-c4ccccc4)n3)c2)cc1. The number of nitrogens with zero attached hydrogens (tertiary/aromatic N) is 5. The van der Waals surface area contributed by atoms with E-state index in [2.05, 4.69) is 228 Å². The smallest absolute Gasteiger partial charge is 0.164 e. The van der Waals surface area contributed by atoms with Gasteiger partial charge in [-0.1, -0.05) is 164 Å². The van der Waals surface area contributed by atoms with E-state index in [0.29, 0.717) is 17.5 Å². The average Bonchev–Trinajstić information content (AvgIpc) is 3.72. The van der Waals surface area contributed by atoms with E-state index in [1.807, 2.05) is 6.07 Å². The molecule has 64 heavy (non-hydrogen) atoms. The van der Waals surface area contributed by atoms with Gasteiger partial charge in [0, 0.05) is 55.2 Å². The Balaban J connectivity index is 1.01. The Morgan fingerprint density at radius 1 is 0.312 bits per heavy atom. The minimum Gasteiger partial charge on any atom is -0.309 e. The summed E-state index contributed by atoms with van der Waals surface area (Å²) in [5.74, 6) is 1.85. The van der Waals surface area contributed by atoms with Gasteiger partial charge in [0.2, 0.25) is 0 Å². The van der Waals surface area contributed by atoms with Crippen LogP contribution in [-0.2, 0) is 0 Å². The highest BCUT2D eigenvalue weighted by atomic mass is 15.2. The minimum absolute atomic E-state index is 0.609. The average molecular weight is 816 g/mol. The zero-order valence-corrected chi connectivity index (χ0v) is 34.6. The quantitative estimate of drug-likeness (QED) is 0.168. The zero-order valence-electron chi connectivity index (χ0n) is 34.6. The van der Waals surface area contributed by atoms with Crippen LogP contribution >= 0.6 is 0 Å². The van der Waals surface area contributed by atoms with Gasteiger partial charge in [-0.15, -0.1) is 0 Å². The fraction of sp³-hybridized carbons (Fsp3) is 0. The van der Waals surface area contributed by atoms with Crippen molar-refractivity contribution in [3.8, 4) is 62.1 Å². The molecule has 13 rings (SSSR count). The Labute approximate surface area is 369 Å². The van der Waals surface area contributed by atoms with Gasteiger partial charge in [-0.25, -0.2) is 15.0 Å². The van der Waals surface area contributed by atoms with Crippen molar-refractivity contribution in [2.75, 3.05) is 4.90 Å². The summed E-state index contributed by atoms with van der Waals surface area (Å²) in [4.78, 5) is 18.4. The molecular weight excluding hydrogens is 779 g/mol. The molecule has 0 aliphatic carbocycles. The Hall–Kier alpha value is -8.67. The van der Waals surface area contributed by atoms with Gasteiger partial charge >= 0.3 is 0 Å². The third kappa shape index (κ3) is 5.68. The third-order valence-corrected chi connectivity index (χ3v) is 12.7. The number of benzene rings is 10. The molecule has 10 aromatic carbocycles. The van der Waals surface area contributed by atoms with Gasteiger partial charge < -0.3 is 9.47 Å². The van der Waals surface area contributed by atoms with Crippen molar-refractivity contribution in [2.45, 2.75) is 0 Å². The molecule has 0 unspecified atom stereocenters. The fourth-order valence-electron chi connectivity index (χ4n) is 9.88. The van der Waals surface area contributed by atoms with E-state index in [1.54, 1.807) is 0 Å². The first-order chi connectivity index (χ1) is 31.7. The molecule has 0 bridgehead atoms. The van der Waals surface area contributed by atoms with E-state index in [-0.39, 0.29) is 0 Å². The number of rotatable bonds is 6. The van der Waals surface area contributed by atoms with E-state index < -0.39 is 0 Å². The van der Waals surface area contributed by atoms with Crippen LogP contribution in [0.2, 0.25) is 0 Å². The van der Waals surface area contributed by atoms with Gasteiger partial charge in [0.25, 0.3) is 0 Å². The van der Waals surface area contributed by atoms with Crippen LogP contribution in [0.15, 0.2) is 224 Å². The molecule has 3 heterocycles. The molecule has 0 N–H and O–H groups in total. The summed E-state index contributed by atoms with van der Waals surface area (Å²) < 4.78 is 2.33. The van der Waals surface area contributed by atoms with E-state index in [0.717, 1.165) is 66.7 Å². The van der Waals surface area contributed by atoms with E-state index in [9.17, 15) is 0 Å². The van der Waals surface area contributed by atoms with Gasteiger partial charge in [-0.3, -0.25) is 0 Å². The third-order valence-electron chi connectivity index (χ3n) is 12.7. The molecule has 0 saturated heterocycles. The molecule has 1 aliphatic rings. The highest BCUT2D eigenvalue weighted by molar-refractivity contribution is 6.19. The van der Waals surface area contributed by atoms with Crippen LogP contribution in [-0.4, -0.2) is 19.5 Å². The first-order valence-corrected chi connectivity index (χ1v) is 21.7. The zero-order chi connectivity index (χ0) is 42.1. The monoisotopic (exact) mass is 815 g/mol. The molecule has 0 amide bonds. The lowest BCUT2D eigenvalue weighted by Crippen LogP contribution is -2.15. The molecule has 5 heteroatoms. The Morgan fingerprint density at radius 3 is 1.77 bits per heavy atom. The molecule has 1 aliphatic heterocycles. The summed E-state index contributed by atoms with van der Waals surface area (Å²) in [6.45, 7) is 0. The largest absolute Gasteiger partial charge is 0.309 e. The van der Waals surface area contributed by atoms with Gasteiger partial charge in [-0.05, 0) is 88.1 Å². The fourth-order valence-corrected chi connectivity index (χ4v) is 9.88.